The highest BCUT2D eigenvalue weighted by atomic mass is 35.5. The average Bonchev–Trinajstić information content (AvgIpc) is 2.57. The van der Waals surface area contributed by atoms with E-state index in [1.165, 1.54) is 12.1 Å². The van der Waals surface area contributed by atoms with Gasteiger partial charge in [-0.15, -0.1) is 0 Å². The second-order valence-corrected chi connectivity index (χ2v) is 8.39. The largest absolute Gasteiger partial charge is 0.323 e. The smallest absolute Gasteiger partial charge is 0.271 e. The van der Waals surface area contributed by atoms with Gasteiger partial charge in [0.15, 0.2) is 0 Å². The van der Waals surface area contributed by atoms with E-state index in [1.807, 2.05) is 0 Å². The van der Waals surface area contributed by atoms with Crippen LogP contribution in [0.1, 0.15) is 5.56 Å². The van der Waals surface area contributed by atoms with E-state index in [1.54, 1.807) is 24.3 Å². The van der Waals surface area contributed by atoms with Gasteiger partial charge < -0.3 is 5.32 Å². The number of nitrogens with zero attached hydrogens (tertiary/aromatic N) is 2. The van der Waals surface area contributed by atoms with Gasteiger partial charge in [-0.1, -0.05) is 41.4 Å². The van der Waals surface area contributed by atoms with Crippen LogP contribution in [0.2, 0.25) is 10.0 Å². The zero-order chi connectivity index (χ0) is 20.2. The van der Waals surface area contributed by atoms with Gasteiger partial charge in [0.2, 0.25) is 15.9 Å². The zero-order valence-corrected chi connectivity index (χ0v) is 16.4. The fraction of sp³-hybridized carbons (Fsp3) is 0.188. The van der Waals surface area contributed by atoms with Gasteiger partial charge in [0.25, 0.3) is 5.69 Å². The van der Waals surface area contributed by atoms with Gasteiger partial charge in [-0.3, -0.25) is 14.9 Å². The minimum atomic E-state index is -3.73. The van der Waals surface area contributed by atoms with Crippen molar-refractivity contribution in [2.45, 2.75) is 6.54 Å². The first kappa shape index (κ1) is 21.1. The molecule has 0 aliphatic heterocycles. The monoisotopic (exact) mass is 431 g/mol. The molecule has 2 rings (SSSR count). The third-order valence-corrected chi connectivity index (χ3v) is 5.42. The lowest BCUT2D eigenvalue weighted by molar-refractivity contribution is -0.384. The number of carbonyl (C=O) groups is 1. The standard InChI is InChI=1S/C16H15Cl2N3O5S/c1-27(25,26)20(9-11-4-2-3-5-13(11)17)10-16(22)19-15-8-12(21(23)24)6-7-14(15)18/h2-8H,9-10H2,1H3,(H,19,22). The van der Waals surface area contributed by atoms with E-state index in [0.29, 0.717) is 10.6 Å². The third-order valence-electron chi connectivity index (χ3n) is 3.53. The van der Waals surface area contributed by atoms with Crippen LogP contribution in [0.5, 0.6) is 0 Å². The molecule has 0 aliphatic rings. The zero-order valence-electron chi connectivity index (χ0n) is 14.1. The third kappa shape index (κ3) is 5.90. The van der Waals surface area contributed by atoms with Gasteiger partial charge in [0.1, 0.15) is 0 Å². The Bertz CT molecular complexity index is 982. The van der Waals surface area contributed by atoms with Gasteiger partial charge in [0, 0.05) is 23.7 Å². The number of carbonyl (C=O) groups excluding carboxylic acids is 1. The summed E-state index contributed by atoms with van der Waals surface area (Å²) in [5.41, 5.74) is 0.290. The van der Waals surface area contributed by atoms with Crippen LogP contribution in [0.25, 0.3) is 0 Å². The molecule has 0 aromatic heterocycles. The number of rotatable bonds is 7. The highest BCUT2D eigenvalue weighted by Gasteiger charge is 2.22. The van der Waals surface area contributed by atoms with Crippen molar-refractivity contribution in [3.8, 4) is 0 Å². The summed E-state index contributed by atoms with van der Waals surface area (Å²) in [6, 6.07) is 10.2. The maximum atomic E-state index is 12.3. The Labute approximate surface area is 165 Å². The van der Waals surface area contributed by atoms with Crippen LogP contribution in [0.4, 0.5) is 11.4 Å². The minimum absolute atomic E-state index is 0.0158. The predicted octanol–water partition coefficient (Wildman–Crippen LogP) is 3.30. The van der Waals surface area contributed by atoms with Crippen LogP contribution >= 0.6 is 23.2 Å². The number of nitro benzene ring substituents is 1. The van der Waals surface area contributed by atoms with Gasteiger partial charge in [0.05, 0.1) is 28.4 Å². The van der Waals surface area contributed by atoms with Crippen LogP contribution in [0.3, 0.4) is 0 Å². The van der Waals surface area contributed by atoms with Crippen molar-refractivity contribution in [2.75, 3.05) is 18.1 Å². The summed E-state index contributed by atoms with van der Waals surface area (Å²) in [6.07, 6.45) is 0.970. The van der Waals surface area contributed by atoms with Crippen LogP contribution < -0.4 is 5.32 Å². The van der Waals surface area contributed by atoms with Gasteiger partial charge in [-0.2, -0.15) is 4.31 Å². The molecule has 0 unspecified atom stereocenters. The molecule has 2 aromatic carbocycles. The minimum Gasteiger partial charge on any atom is -0.323 e. The predicted molar refractivity (Wildman–Crippen MR) is 103 cm³/mol. The molecule has 27 heavy (non-hydrogen) atoms. The highest BCUT2D eigenvalue weighted by Crippen LogP contribution is 2.27. The molecule has 0 atom stereocenters. The Hall–Kier alpha value is -2.20. The van der Waals surface area contributed by atoms with Gasteiger partial charge >= 0.3 is 0 Å². The summed E-state index contributed by atoms with van der Waals surface area (Å²) < 4.78 is 25.0. The molecular weight excluding hydrogens is 417 g/mol. The normalized spacial score (nSPS) is 11.4. The first-order chi connectivity index (χ1) is 12.6. The molecule has 144 valence electrons. The topological polar surface area (TPSA) is 110 Å². The molecule has 1 N–H and O–H groups in total. The first-order valence-electron chi connectivity index (χ1n) is 7.50. The molecular formula is C16H15Cl2N3O5S. The average molecular weight is 432 g/mol. The molecule has 0 saturated carbocycles. The molecule has 8 nitrogen and oxygen atoms in total. The first-order valence-corrected chi connectivity index (χ1v) is 10.1. The molecule has 0 radical (unpaired) electrons. The molecule has 11 heteroatoms. The summed E-state index contributed by atoms with van der Waals surface area (Å²) in [5, 5.41) is 13.7. The Kier molecular flexibility index (Phi) is 6.77. The van der Waals surface area contributed by atoms with E-state index in [-0.39, 0.29) is 22.9 Å². The van der Waals surface area contributed by atoms with E-state index in [2.05, 4.69) is 5.32 Å². The maximum Gasteiger partial charge on any atom is 0.271 e. The van der Waals surface area contributed by atoms with E-state index in [4.69, 9.17) is 23.2 Å². The van der Waals surface area contributed by atoms with Crippen LogP contribution in [-0.2, 0) is 21.4 Å². The van der Waals surface area contributed by atoms with Crippen molar-refractivity contribution in [3.05, 3.63) is 68.2 Å². The SMILES string of the molecule is CS(=O)(=O)N(CC(=O)Nc1cc([N+](=O)[O-])ccc1Cl)Cc1ccccc1Cl. The number of hydrogen-bond donors (Lipinski definition) is 1. The van der Waals surface area contributed by atoms with Crippen molar-refractivity contribution >= 4 is 50.5 Å². The molecule has 0 spiro atoms. The van der Waals surface area contributed by atoms with Crippen LogP contribution in [-0.4, -0.2) is 36.4 Å². The molecule has 0 aliphatic carbocycles. The highest BCUT2D eigenvalue weighted by molar-refractivity contribution is 7.88. The fourth-order valence-electron chi connectivity index (χ4n) is 2.18. The fourth-order valence-corrected chi connectivity index (χ4v) is 3.27. The van der Waals surface area contributed by atoms with Crippen molar-refractivity contribution in [2.24, 2.45) is 0 Å². The van der Waals surface area contributed by atoms with Crippen LogP contribution in [0.15, 0.2) is 42.5 Å². The number of hydrogen-bond acceptors (Lipinski definition) is 5. The molecule has 0 fully saturated rings. The van der Waals surface area contributed by atoms with Crippen molar-refractivity contribution in [1.29, 1.82) is 0 Å². The van der Waals surface area contributed by atoms with Gasteiger partial charge in [-0.25, -0.2) is 8.42 Å². The summed E-state index contributed by atoms with van der Waals surface area (Å²) >= 11 is 12.0. The molecule has 2 aromatic rings. The molecule has 0 saturated heterocycles. The number of nitrogens with one attached hydrogen (secondary N) is 1. The summed E-state index contributed by atoms with van der Waals surface area (Å²) in [6.45, 7) is -0.613. The number of sulfonamides is 1. The second-order valence-electron chi connectivity index (χ2n) is 5.59. The summed E-state index contributed by atoms with van der Waals surface area (Å²) in [4.78, 5) is 22.5. The summed E-state index contributed by atoms with van der Waals surface area (Å²) in [7, 11) is -3.73. The van der Waals surface area contributed by atoms with Crippen molar-refractivity contribution in [1.82, 2.24) is 4.31 Å². The Morgan fingerprint density at radius 2 is 1.85 bits per heavy atom. The quantitative estimate of drug-likeness (QED) is 0.533. The number of halogens is 2. The van der Waals surface area contributed by atoms with E-state index in [9.17, 15) is 23.3 Å². The Balaban J connectivity index is 2.19. The van der Waals surface area contributed by atoms with E-state index in [0.717, 1.165) is 16.6 Å². The molecule has 0 bridgehead atoms. The van der Waals surface area contributed by atoms with Crippen molar-refractivity contribution < 1.29 is 18.1 Å². The molecule has 0 heterocycles. The number of non-ortho nitro benzene ring substituents is 1. The lowest BCUT2D eigenvalue weighted by Crippen LogP contribution is -2.37. The lowest BCUT2D eigenvalue weighted by Gasteiger charge is -2.20. The number of amides is 1. The lowest BCUT2D eigenvalue weighted by atomic mass is 10.2. The Morgan fingerprint density at radius 1 is 1.19 bits per heavy atom. The maximum absolute atomic E-state index is 12.3. The van der Waals surface area contributed by atoms with Gasteiger partial charge in [-0.05, 0) is 17.7 Å². The van der Waals surface area contributed by atoms with E-state index >= 15 is 0 Å². The number of nitro groups is 1. The second kappa shape index (κ2) is 8.66. The Morgan fingerprint density at radius 3 is 2.44 bits per heavy atom. The summed E-state index contributed by atoms with van der Waals surface area (Å²) in [5.74, 6) is -0.699. The van der Waals surface area contributed by atoms with E-state index < -0.39 is 27.4 Å². The van der Waals surface area contributed by atoms with Crippen LogP contribution in [0, 0.1) is 10.1 Å². The van der Waals surface area contributed by atoms with Crippen molar-refractivity contribution in [3.63, 3.8) is 0 Å². The number of benzene rings is 2. The number of anilines is 1. The molecule has 1 amide bonds.